The molecular formula is C11H20N4O. The summed E-state index contributed by atoms with van der Waals surface area (Å²) in [6, 6.07) is 3.75. The van der Waals surface area contributed by atoms with Crippen molar-refractivity contribution in [3.8, 4) is 0 Å². The van der Waals surface area contributed by atoms with Crippen molar-refractivity contribution < 1.29 is 5.11 Å². The summed E-state index contributed by atoms with van der Waals surface area (Å²) in [6.45, 7) is 3.22. The maximum Gasteiger partial charge on any atom is 0.141 e. The summed E-state index contributed by atoms with van der Waals surface area (Å²) < 4.78 is 0. The van der Waals surface area contributed by atoms with Crippen LogP contribution in [0.25, 0.3) is 0 Å². The van der Waals surface area contributed by atoms with Gasteiger partial charge in [-0.3, -0.25) is 0 Å². The molecule has 1 heterocycles. The van der Waals surface area contributed by atoms with E-state index in [1.54, 1.807) is 6.20 Å². The van der Waals surface area contributed by atoms with E-state index in [2.05, 4.69) is 22.7 Å². The van der Waals surface area contributed by atoms with E-state index in [1.165, 1.54) is 0 Å². The van der Waals surface area contributed by atoms with Crippen LogP contribution in [0.15, 0.2) is 18.3 Å². The van der Waals surface area contributed by atoms with Crippen LogP contribution in [0.5, 0.6) is 0 Å². The Morgan fingerprint density at radius 1 is 1.56 bits per heavy atom. The maximum absolute atomic E-state index is 8.88. The van der Waals surface area contributed by atoms with Crippen molar-refractivity contribution in [3.05, 3.63) is 18.3 Å². The molecule has 0 bridgehead atoms. The quantitative estimate of drug-likeness (QED) is 0.413. The van der Waals surface area contributed by atoms with Crippen LogP contribution in [0.1, 0.15) is 19.8 Å². The van der Waals surface area contributed by atoms with Crippen molar-refractivity contribution in [2.75, 3.05) is 23.9 Å². The van der Waals surface area contributed by atoms with E-state index in [4.69, 9.17) is 10.9 Å². The molecule has 1 atom stereocenters. The largest absolute Gasteiger partial charge is 0.396 e. The van der Waals surface area contributed by atoms with Crippen LogP contribution >= 0.6 is 0 Å². The lowest BCUT2D eigenvalue weighted by Crippen LogP contribution is -2.15. The molecule has 0 saturated carbocycles. The first-order valence-electron chi connectivity index (χ1n) is 5.57. The Morgan fingerprint density at radius 3 is 3.00 bits per heavy atom. The molecule has 90 valence electrons. The van der Waals surface area contributed by atoms with Gasteiger partial charge in [-0.2, -0.15) is 0 Å². The second kappa shape index (κ2) is 7.03. The predicted octanol–water partition coefficient (Wildman–Crippen LogP) is 1.19. The van der Waals surface area contributed by atoms with Crippen molar-refractivity contribution in [1.82, 2.24) is 4.98 Å². The number of pyridine rings is 1. The minimum atomic E-state index is 0.242. The number of hydrazine groups is 1. The Labute approximate surface area is 96.0 Å². The van der Waals surface area contributed by atoms with Crippen LogP contribution in [-0.4, -0.2) is 23.2 Å². The predicted molar refractivity (Wildman–Crippen MR) is 66.0 cm³/mol. The highest BCUT2D eigenvalue weighted by atomic mass is 16.3. The average molecular weight is 224 g/mol. The standard InChI is InChI=1S/C11H20N4O/c1-2-9(4-6-16)8-14-10-3-5-13-11(7-10)15-12/h3,5,7,9,16H,2,4,6,8,12H2,1H3,(H2,13,14,15). The molecule has 0 spiro atoms. The van der Waals surface area contributed by atoms with Gasteiger partial charge in [-0.05, 0) is 18.4 Å². The fraction of sp³-hybridized carbons (Fsp3) is 0.545. The topological polar surface area (TPSA) is 83.2 Å². The number of nitrogen functional groups attached to an aromatic ring is 1. The minimum Gasteiger partial charge on any atom is -0.396 e. The lowest BCUT2D eigenvalue weighted by molar-refractivity contribution is 0.258. The number of rotatable bonds is 7. The molecule has 0 amide bonds. The van der Waals surface area contributed by atoms with Crippen LogP contribution in [0.2, 0.25) is 0 Å². The zero-order valence-electron chi connectivity index (χ0n) is 9.61. The number of nitrogens with two attached hydrogens (primary N) is 1. The summed E-state index contributed by atoms with van der Waals surface area (Å²) in [5, 5.41) is 12.2. The van der Waals surface area contributed by atoms with Crippen molar-refractivity contribution in [3.63, 3.8) is 0 Å². The number of aliphatic hydroxyl groups excluding tert-OH is 1. The van der Waals surface area contributed by atoms with Crippen LogP contribution in [-0.2, 0) is 0 Å². The summed E-state index contributed by atoms with van der Waals surface area (Å²) in [7, 11) is 0. The third-order valence-corrected chi connectivity index (χ3v) is 2.62. The second-order valence-corrected chi connectivity index (χ2v) is 3.74. The van der Waals surface area contributed by atoms with Crippen LogP contribution in [0, 0.1) is 5.92 Å². The number of aliphatic hydroxyl groups is 1. The molecule has 5 N–H and O–H groups in total. The van der Waals surface area contributed by atoms with Gasteiger partial charge < -0.3 is 15.8 Å². The highest BCUT2D eigenvalue weighted by Crippen LogP contribution is 2.13. The van der Waals surface area contributed by atoms with Gasteiger partial charge in [-0.15, -0.1) is 0 Å². The fourth-order valence-electron chi connectivity index (χ4n) is 1.51. The fourth-order valence-corrected chi connectivity index (χ4v) is 1.51. The molecule has 0 aliphatic rings. The number of aromatic nitrogens is 1. The molecule has 1 unspecified atom stereocenters. The molecule has 0 aliphatic heterocycles. The molecule has 1 aromatic rings. The molecule has 5 heteroatoms. The van der Waals surface area contributed by atoms with E-state index in [9.17, 15) is 0 Å². The van der Waals surface area contributed by atoms with Gasteiger partial charge in [-0.25, -0.2) is 10.8 Å². The monoisotopic (exact) mass is 224 g/mol. The molecular weight excluding hydrogens is 204 g/mol. The molecule has 0 radical (unpaired) electrons. The summed E-state index contributed by atoms with van der Waals surface area (Å²) in [4.78, 5) is 4.03. The van der Waals surface area contributed by atoms with Gasteiger partial charge in [0.15, 0.2) is 0 Å². The first kappa shape index (κ1) is 12.7. The van der Waals surface area contributed by atoms with Gasteiger partial charge in [0.05, 0.1) is 0 Å². The normalized spacial score (nSPS) is 12.2. The highest BCUT2D eigenvalue weighted by Gasteiger charge is 2.05. The van der Waals surface area contributed by atoms with E-state index < -0.39 is 0 Å². The first-order chi connectivity index (χ1) is 7.80. The van der Waals surface area contributed by atoms with Crippen molar-refractivity contribution in [1.29, 1.82) is 0 Å². The Balaban J connectivity index is 2.46. The SMILES string of the molecule is CCC(CCO)CNc1ccnc(NN)c1. The van der Waals surface area contributed by atoms with Gasteiger partial charge in [-0.1, -0.05) is 13.3 Å². The summed E-state index contributed by atoms with van der Waals surface area (Å²) in [5.41, 5.74) is 3.49. The third-order valence-electron chi connectivity index (χ3n) is 2.62. The van der Waals surface area contributed by atoms with Gasteiger partial charge in [0, 0.05) is 31.1 Å². The smallest absolute Gasteiger partial charge is 0.141 e. The molecule has 1 rings (SSSR count). The number of hydrogen-bond donors (Lipinski definition) is 4. The lowest BCUT2D eigenvalue weighted by atomic mass is 10.0. The van der Waals surface area contributed by atoms with E-state index in [0.717, 1.165) is 25.1 Å². The zero-order chi connectivity index (χ0) is 11.8. The van der Waals surface area contributed by atoms with Crippen LogP contribution in [0.4, 0.5) is 11.5 Å². The molecule has 16 heavy (non-hydrogen) atoms. The van der Waals surface area contributed by atoms with Crippen molar-refractivity contribution in [2.24, 2.45) is 11.8 Å². The maximum atomic E-state index is 8.88. The highest BCUT2D eigenvalue weighted by molar-refractivity contribution is 5.51. The first-order valence-corrected chi connectivity index (χ1v) is 5.57. The summed E-state index contributed by atoms with van der Waals surface area (Å²) in [5.74, 6) is 6.41. The minimum absolute atomic E-state index is 0.242. The van der Waals surface area contributed by atoms with Gasteiger partial charge in [0.25, 0.3) is 0 Å². The Hall–Kier alpha value is -1.33. The molecule has 0 aromatic carbocycles. The summed E-state index contributed by atoms with van der Waals surface area (Å²) in [6.07, 6.45) is 3.59. The number of nitrogens with one attached hydrogen (secondary N) is 2. The van der Waals surface area contributed by atoms with E-state index in [1.807, 2.05) is 12.1 Å². The van der Waals surface area contributed by atoms with Crippen LogP contribution in [0.3, 0.4) is 0 Å². The van der Waals surface area contributed by atoms with E-state index in [-0.39, 0.29) is 6.61 Å². The zero-order valence-corrected chi connectivity index (χ0v) is 9.61. The number of anilines is 2. The second-order valence-electron chi connectivity index (χ2n) is 3.74. The summed E-state index contributed by atoms with van der Waals surface area (Å²) >= 11 is 0. The Kier molecular flexibility index (Phi) is 5.60. The van der Waals surface area contributed by atoms with Crippen LogP contribution < -0.4 is 16.6 Å². The van der Waals surface area contributed by atoms with E-state index in [0.29, 0.717) is 11.7 Å². The van der Waals surface area contributed by atoms with Crippen molar-refractivity contribution >= 4 is 11.5 Å². The van der Waals surface area contributed by atoms with E-state index >= 15 is 0 Å². The Bertz CT molecular complexity index is 306. The third kappa shape index (κ3) is 4.04. The lowest BCUT2D eigenvalue weighted by Gasteiger charge is -2.15. The Morgan fingerprint density at radius 2 is 2.38 bits per heavy atom. The molecule has 1 aromatic heterocycles. The van der Waals surface area contributed by atoms with Gasteiger partial charge in [0.2, 0.25) is 0 Å². The molecule has 0 aliphatic carbocycles. The average Bonchev–Trinajstić information content (AvgIpc) is 2.34. The number of hydrogen-bond acceptors (Lipinski definition) is 5. The molecule has 0 saturated heterocycles. The van der Waals surface area contributed by atoms with Gasteiger partial charge >= 0.3 is 0 Å². The number of nitrogens with zero attached hydrogens (tertiary/aromatic N) is 1. The van der Waals surface area contributed by atoms with Crippen molar-refractivity contribution in [2.45, 2.75) is 19.8 Å². The molecule has 0 fully saturated rings. The molecule has 5 nitrogen and oxygen atoms in total. The van der Waals surface area contributed by atoms with Gasteiger partial charge in [0.1, 0.15) is 5.82 Å².